The Bertz CT molecular complexity index is 1470. The number of pyridine rings is 2. The second-order valence-electron chi connectivity index (χ2n) is 10.4. The lowest BCUT2D eigenvalue weighted by molar-refractivity contribution is -0.128. The third-order valence-electron chi connectivity index (χ3n) is 7.47. The minimum Gasteiger partial charge on any atom is -0.378 e. The van der Waals surface area contributed by atoms with E-state index in [-0.39, 0.29) is 35.1 Å². The number of carbonyl (C=O) groups is 1. The molecule has 1 aliphatic rings. The molecule has 1 fully saturated rings. The molecule has 0 aliphatic carbocycles. The molecule has 0 saturated carbocycles. The zero-order chi connectivity index (χ0) is 30.2. The van der Waals surface area contributed by atoms with Gasteiger partial charge in [-0.1, -0.05) is 12.1 Å². The number of halogens is 1. The molecule has 1 unspecified atom stereocenters. The standard InChI is InChI=1S/C30H38FN7O4/c1-20-19-38(21(2)18-37(20)26-16-27(39)36(3)25-9-8-24(17-33)35-28(25)26)29(22-4-6-23(31)7-5-22)30(40)34-11-13-42-15-14-41-12-10-32/h4-9,16,20-21,29H,10-15,18-19,32H2,1-3H3,(H,34,40)/t20-,21+,29?/m0/s1. The van der Waals surface area contributed by atoms with Gasteiger partial charge in [-0.15, -0.1) is 0 Å². The van der Waals surface area contributed by atoms with Gasteiger partial charge in [-0.25, -0.2) is 9.37 Å². The SMILES string of the molecule is C[C@@H]1CN(c2cc(=O)n(C)c3ccc(C#N)nc23)[C@@H](C)CN1C(C(=O)NCCOCCOCCN)c1ccc(F)cc1. The first-order valence-corrected chi connectivity index (χ1v) is 14.1. The van der Waals surface area contributed by atoms with Gasteiger partial charge in [0.15, 0.2) is 0 Å². The summed E-state index contributed by atoms with van der Waals surface area (Å²) in [6.07, 6.45) is 0. The van der Waals surface area contributed by atoms with Crippen LogP contribution >= 0.6 is 0 Å². The Morgan fingerprint density at radius 3 is 2.52 bits per heavy atom. The van der Waals surface area contributed by atoms with Gasteiger partial charge in [0.2, 0.25) is 5.91 Å². The van der Waals surface area contributed by atoms with E-state index >= 15 is 0 Å². The molecule has 0 spiro atoms. The number of hydrogen-bond donors (Lipinski definition) is 2. The van der Waals surface area contributed by atoms with Crippen molar-refractivity contribution in [2.24, 2.45) is 12.8 Å². The summed E-state index contributed by atoms with van der Waals surface area (Å²) >= 11 is 0. The normalized spacial score (nSPS) is 18.1. The number of fused-ring (bicyclic) bond motifs is 1. The molecule has 12 heteroatoms. The third kappa shape index (κ3) is 7.11. The highest BCUT2D eigenvalue weighted by Gasteiger charge is 2.38. The van der Waals surface area contributed by atoms with Crippen LogP contribution in [0.25, 0.3) is 11.0 Å². The molecular weight excluding hydrogens is 541 g/mol. The highest BCUT2D eigenvalue weighted by atomic mass is 19.1. The van der Waals surface area contributed by atoms with Crippen molar-refractivity contribution in [3.63, 3.8) is 0 Å². The minimum absolute atomic E-state index is 0.114. The number of nitrogens with zero attached hydrogens (tertiary/aromatic N) is 5. The number of benzene rings is 1. The summed E-state index contributed by atoms with van der Waals surface area (Å²) in [7, 11) is 1.68. The van der Waals surface area contributed by atoms with Gasteiger partial charge in [0.25, 0.3) is 5.56 Å². The van der Waals surface area contributed by atoms with E-state index in [2.05, 4.69) is 26.2 Å². The fraction of sp³-hybridized carbons (Fsp3) is 0.467. The maximum Gasteiger partial charge on any atom is 0.252 e. The number of anilines is 1. The average molecular weight is 580 g/mol. The Hall–Kier alpha value is -3.89. The van der Waals surface area contributed by atoms with Crippen molar-refractivity contribution in [1.82, 2.24) is 19.8 Å². The number of piperazine rings is 1. The zero-order valence-electron chi connectivity index (χ0n) is 24.3. The lowest BCUT2D eigenvalue weighted by Crippen LogP contribution is -2.59. The lowest BCUT2D eigenvalue weighted by Gasteiger charge is -2.48. The first-order valence-electron chi connectivity index (χ1n) is 14.1. The van der Waals surface area contributed by atoms with E-state index in [1.165, 1.54) is 16.7 Å². The van der Waals surface area contributed by atoms with Gasteiger partial charge < -0.3 is 30.0 Å². The van der Waals surface area contributed by atoms with Crippen LogP contribution in [-0.4, -0.2) is 85.0 Å². The third-order valence-corrected chi connectivity index (χ3v) is 7.47. The maximum atomic E-state index is 13.8. The molecule has 1 aromatic carbocycles. The van der Waals surface area contributed by atoms with Crippen LogP contribution in [0.1, 0.15) is 31.1 Å². The molecule has 1 aliphatic heterocycles. The second kappa shape index (κ2) is 14.3. The van der Waals surface area contributed by atoms with Crippen molar-refractivity contribution >= 4 is 22.6 Å². The summed E-state index contributed by atoms with van der Waals surface area (Å²) in [5, 5.41) is 12.4. The summed E-state index contributed by atoms with van der Waals surface area (Å²) < 4.78 is 26.2. The summed E-state index contributed by atoms with van der Waals surface area (Å²) in [5.41, 5.74) is 8.03. The molecule has 3 aromatic rings. The largest absolute Gasteiger partial charge is 0.378 e. The number of hydrogen-bond acceptors (Lipinski definition) is 9. The van der Waals surface area contributed by atoms with Crippen molar-refractivity contribution in [3.05, 3.63) is 69.9 Å². The molecule has 42 heavy (non-hydrogen) atoms. The minimum atomic E-state index is -0.665. The van der Waals surface area contributed by atoms with Crippen LogP contribution in [-0.2, 0) is 21.3 Å². The number of nitrogens with two attached hydrogens (primary N) is 1. The van der Waals surface area contributed by atoms with Crippen molar-refractivity contribution in [1.29, 1.82) is 5.26 Å². The van der Waals surface area contributed by atoms with Gasteiger partial charge >= 0.3 is 0 Å². The Balaban J connectivity index is 1.54. The Labute approximate surface area is 244 Å². The molecular formula is C30H38FN7O4. The number of aryl methyl sites for hydroxylation is 1. The Kier molecular flexibility index (Phi) is 10.6. The topological polar surface area (TPSA) is 139 Å². The number of amides is 1. The molecule has 11 nitrogen and oxygen atoms in total. The molecule has 3 N–H and O–H groups in total. The second-order valence-corrected chi connectivity index (χ2v) is 10.4. The monoisotopic (exact) mass is 579 g/mol. The predicted molar refractivity (Wildman–Crippen MR) is 158 cm³/mol. The smallest absolute Gasteiger partial charge is 0.252 e. The van der Waals surface area contributed by atoms with Crippen LogP contribution in [0.15, 0.2) is 47.3 Å². The van der Waals surface area contributed by atoms with Crippen LogP contribution in [0.5, 0.6) is 0 Å². The molecule has 3 heterocycles. The molecule has 1 amide bonds. The molecule has 0 bridgehead atoms. The van der Waals surface area contributed by atoms with E-state index in [0.717, 1.165) is 0 Å². The summed E-state index contributed by atoms with van der Waals surface area (Å²) in [4.78, 5) is 35.2. The van der Waals surface area contributed by atoms with Crippen molar-refractivity contribution in [2.75, 3.05) is 57.5 Å². The van der Waals surface area contributed by atoms with Crippen LogP contribution < -0.4 is 21.5 Å². The van der Waals surface area contributed by atoms with Gasteiger partial charge in [-0.05, 0) is 43.7 Å². The molecule has 0 radical (unpaired) electrons. The lowest BCUT2D eigenvalue weighted by atomic mass is 9.98. The highest BCUT2D eigenvalue weighted by molar-refractivity contribution is 5.89. The molecule has 3 atom stereocenters. The fourth-order valence-corrected chi connectivity index (χ4v) is 5.33. The summed E-state index contributed by atoms with van der Waals surface area (Å²) in [5.74, 6) is -0.590. The number of rotatable bonds is 12. The first-order chi connectivity index (χ1) is 20.2. The van der Waals surface area contributed by atoms with Crippen molar-refractivity contribution in [3.8, 4) is 6.07 Å². The van der Waals surface area contributed by atoms with Gasteiger partial charge in [0.1, 0.15) is 29.1 Å². The number of nitrogens with one attached hydrogen (secondary N) is 1. The van der Waals surface area contributed by atoms with Crippen molar-refractivity contribution < 1.29 is 18.7 Å². The fourth-order valence-electron chi connectivity index (χ4n) is 5.33. The predicted octanol–water partition coefficient (Wildman–Crippen LogP) is 1.69. The van der Waals surface area contributed by atoms with E-state index < -0.39 is 6.04 Å². The van der Waals surface area contributed by atoms with Gasteiger partial charge in [0, 0.05) is 51.4 Å². The first kappa shape index (κ1) is 31.1. The van der Waals surface area contributed by atoms with E-state index in [4.69, 9.17) is 15.2 Å². The van der Waals surface area contributed by atoms with Gasteiger partial charge in [0.05, 0.1) is 37.6 Å². The van der Waals surface area contributed by atoms with Crippen LogP contribution in [0.2, 0.25) is 0 Å². The number of ether oxygens (including phenoxy) is 2. The molecule has 1 saturated heterocycles. The van der Waals surface area contributed by atoms with Gasteiger partial charge in [-0.3, -0.25) is 14.5 Å². The number of aromatic nitrogens is 2. The summed E-state index contributed by atoms with van der Waals surface area (Å²) in [6, 6.07) is 12.0. The summed E-state index contributed by atoms with van der Waals surface area (Å²) in [6.45, 7) is 7.41. The van der Waals surface area contributed by atoms with Crippen LogP contribution in [0.3, 0.4) is 0 Å². The van der Waals surface area contributed by atoms with Crippen LogP contribution in [0, 0.1) is 17.1 Å². The Morgan fingerprint density at radius 2 is 1.83 bits per heavy atom. The molecule has 224 valence electrons. The van der Waals surface area contributed by atoms with Crippen molar-refractivity contribution in [2.45, 2.75) is 32.0 Å². The van der Waals surface area contributed by atoms with E-state index in [0.29, 0.717) is 74.9 Å². The average Bonchev–Trinajstić information content (AvgIpc) is 2.98. The Morgan fingerprint density at radius 1 is 1.12 bits per heavy atom. The zero-order valence-corrected chi connectivity index (χ0v) is 24.3. The van der Waals surface area contributed by atoms with E-state index in [9.17, 15) is 19.2 Å². The highest BCUT2D eigenvalue weighted by Crippen LogP contribution is 2.33. The number of nitriles is 1. The van der Waals surface area contributed by atoms with E-state index in [1.54, 1.807) is 37.4 Å². The molecule has 4 rings (SSSR count). The number of carbonyl (C=O) groups excluding carboxylic acids is 1. The van der Waals surface area contributed by atoms with Crippen LogP contribution in [0.4, 0.5) is 10.1 Å². The quantitative estimate of drug-likeness (QED) is 0.307. The van der Waals surface area contributed by atoms with E-state index in [1.807, 2.05) is 13.8 Å². The maximum absolute atomic E-state index is 13.8. The molecule has 2 aromatic heterocycles. The van der Waals surface area contributed by atoms with Gasteiger partial charge in [-0.2, -0.15) is 5.26 Å².